The number of nitrogens with one attached hydrogen (secondary N) is 1. The van der Waals surface area contributed by atoms with Gasteiger partial charge in [-0.3, -0.25) is 4.79 Å². The van der Waals surface area contributed by atoms with Gasteiger partial charge in [0.2, 0.25) is 5.91 Å². The van der Waals surface area contributed by atoms with Crippen molar-refractivity contribution >= 4 is 17.8 Å². The number of hydrogen-bond acceptors (Lipinski definition) is 5. The van der Waals surface area contributed by atoms with E-state index in [0.717, 1.165) is 5.56 Å². The first-order valence-electron chi connectivity index (χ1n) is 9.34. The summed E-state index contributed by atoms with van der Waals surface area (Å²) in [4.78, 5) is 37.9. The zero-order valence-electron chi connectivity index (χ0n) is 16.4. The quantitative estimate of drug-likeness (QED) is 0.603. The highest BCUT2D eigenvalue weighted by Gasteiger charge is 2.58. The zero-order valence-corrected chi connectivity index (χ0v) is 16.4. The number of hydrogen-bond donors (Lipinski definition) is 1. The zero-order chi connectivity index (χ0) is 21.0. The summed E-state index contributed by atoms with van der Waals surface area (Å²) in [5, 5.41) is 2.67. The molecule has 3 rings (SSSR count). The molecule has 6 nitrogen and oxygen atoms in total. The van der Waals surface area contributed by atoms with E-state index in [9.17, 15) is 14.4 Å². The third kappa shape index (κ3) is 3.92. The normalized spacial score (nSPS) is 21.9. The molecule has 3 atom stereocenters. The van der Waals surface area contributed by atoms with Crippen molar-refractivity contribution in [1.82, 2.24) is 5.32 Å². The van der Waals surface area contributed by atoms with Crippen molar-refractivity contribution in [2.45, 2.75) is 32.1 Å². The third-order valence-electron chi connectivity index (χ3n) is 5.30. The molecule has 1 aliphatic rings. The first-order chi connectivity index (χ1) is 13.9. The van der Waals surface area contributed by atoms with Crippen LogP contribution in [0, 0.1) is 5.92 Å². The average molecular weight is 393 g/mol. The molecule has 2 aromatic rings. The monoisotopic (exact) mass is 393 g/mol. The molecule has 0 unspecified atom stereocenters. The lowest BCUT2D eigenvalue weighted by Gasteiger charge is -2.35. The lowest BCUT2D eigenvalue weighted by molar-refractivity contribution is -0.160. The maximum absolute atomic E-state index is 13.1. The van der Waals surface area contributed by atoms with Crippen LogP contribution in [-0.4, -0.2) is 29.5 Å². The standard InChI is InChI=1S/C23H23NO5/c1-15-16(2)23(24-20(15)25,22(27)28-14-18-10-6-4-7-11-18)17(3)29-21(26)19-12-8-5-9-13-19/h4-13,16-17H,1,14H2,2-3H3,(H,24,25)/t16-,17+,23+/m0/s1. The van der Waals surface area contributed by atoms with Crippen LogP contribution in [0.15, 0.2) is 72.8 Å². The Hall–Kier alpha value is -3.41. The number of carbonyl (C=O) groups is 3. The van der Waals surface area contributed by atoms with Crippen LogP contribution in [0.4, 0.5) is 0 Å². The van der Waals surface area contributed by atoms with Crippen molar-refractivity contribution in [2.24, 2.45) is 5.92 Å². The maximum atomic E-state index is 13.1. The van der Waals surface area contributed by atoms with Gasteiger partial charge in [-0.05, 0) is 24.6 Å². The van der Waals surface area contributed by atoms with E-state index in [0.29, 0.717) is 5.56 Å². The van der Waals surface area contributed by atoms with Gasteiger partial charge >= 0.3 is 11.9 Å². The van der Waals surface area contributed by atoms with Gasteiger partial charge in [0.25, 0.3) is 0 Å². The number of benzene rings is 2. The molecule has 0 aliphatic carbocycles. The number of amides is 1. The first kappa shape index (κ1) is 20.3. The van der Waals surface area contributed by atoms with Crippen molar-refractivity contribution in [1.29, 1.82) is 0 Å². The van der Waals surface area contributed by atoms with Crippen LogP contribution < -0.4 is 5.32 Å². The molecule has 0 saturated carbocycles. The fraction of sp³-hybridized carbons (Fsp3) is 0.261. The van der Waals surface area contributed by atoms with E-state index in [2.05, 4.69) is 11.9 Å². The van der Waals surface area contributed by atoms with Gasteiger partial charge in [-0.15, -0.1) is 0 Å². The molecule has 2 aromatic carbocycles. The Morgan fingerprint density at radius 3 is 2.24 bits per heavy atom. The van der Waals surface area contributed by atoms with Gasteiger partial charge in [-0.25, -0.2) is 9.59 Å². The minimum absolute atomic E-state index is 0.0375. The molecular formula is C23H23NO5. The summed E-state index contributed by atoms with van der Waals surface area (Å²) in [6.07, 6.45) is -0.975. The number of esters is 2. The summed E-state index contributed by atoms with van der Waals surface area (Å²) in [6.45, 7) is 7.07. The van der Waals surface area contributed by atoms with E-state index in [1.54, 1.807) is 44.2 Å². The fourth-order valence-electron chi connectivity index (χ4n) is 3.43. The van der Waals surface area contributed by atoms with Crippen LogP contribution in [0.1, 0.15) is 29.8 Å². The molecule has 1 fully saturated rings. The van der Waals surface area contributed by atoms with E-state index in [1.807, 2.05) is 30.3 Å². The van der Waals surface area contributed by atoms with E-state index < -0.39 is 35.4 Å². The molecule has 1 amide bonds. The summed E-state index contributed by atoms with van der Waals surface area (Å²) in [5.74, 6) is -2.34. The van der Waals surface area contributed by atoms with Gasteiger partial charge < -0.3 is 14.8 Å². The first-order valence-corrected chi connectivity index (χ1v) is 9.34. The lowest BCUT2D eigenvalue weighted by Crippen LogP contribution is -2.61. The van der Waals surface area contributed by atoms with Gasteiger partial charge in [-0.1, -0.05) is 62.0 Å². The maximum Gasteiger partial charge on any atom is 0.338 e. The second-order valence-electron chi connectivity index (χ2n) is 7.05. The summed E-state index contributed by atoms with van der Waals surface area (Å²) < 4.78 is 11.1. The number of ether oxygens (including phenoxy) is 2. The minimum Gasteiger partial charge on any atom is -0.459 e. The van der Waals surface area contributed by atoms with Crippen molar-refractivity contribution < 1.29 is 23.9 Å². The highest BCUT2D eigenvalue weighted by Crippen LogP contribution is 2.36. The molecule has 150 valence electrons. The summed E-state index contributed by atoms with van der Waals surface area (Å²) in [6, 6.07) is 17.6. The Morgan fingerprint density at radius 1 is 1.10 bits per heavy atom. The lowest BCUT2D eigenvalue weighted by atomic mass is 9.80. The Bertz CT molecular complexity index is 925. The second-order valence-corrected chi connectivity index (χ2v) is 7.05. The number of carbonyl (C=O) groups excluding carboxylic acids is 3. The molecule has 1 saturated heterocycles. The second kappa shape index (κ2) is 8.31. The van der Waals surface area contributed by atoms with Crippen LogP contribution in [0.5, 0.6) is 0 Å². The summed E-state index contributed by atoms with van der Waals surface area (Å²) in [5.41, 5.74) is -0.152. The van der Waals surface area contributed by atoms with Crippen LogP contribution in [0.25, 0.3) is 0 Å². The van der Waals surface area contributed by atoms with Crippen molar-refractivity contribution in [2.75, 3.05) is 0 Å². The molecule has 1 N–H and O–H groups in total. The van der Waals surface area contributed by atoms with Crippen molar-refractivity contribution in [3.8, 4) is 0 Å². The third-order valence-corrected chi connectivity index (χ3v) is 5.30. The molecule has 1 heterocycles. The van der Waals surface area contributed by atoms with Gasteiger partial charge in [0, 0.05) is 11.5 Å². The van der Waals surface area contributed by atoms with Crippen LogP contribution in [0.2, 0.25) is 0 Å². The Labute approximate surface area is 169 Å². The van der Waals surface area contributed by atoms with E-state index in [-0.39, 0.29) is 12.2 Å². The molecule has 0 radical (unpaired) electrons. The van der Waals surface area contributed by atoms with Gasteiger partial charge in [0.15, 0.2) is 5.54 Å². The van der Waals surface area contributed by atoms with Crippen LogP contribution in [-0.2, 0) is 25.7 Å². The SMILES string of the molecule is C=C1C(=O)N[C@@](C(=O)OCc2ccccc2)([C@@H](C)OC(=O)c2ccccc2)[C@H]1C. The smallest absolute Gasteiger partial charge is 0.338 e. The minimum atomic E-state index is -1.55. The van der Waals surface area contributed by atoms with Gasteiger partial charge in [-0.2, -0.15) is 0 Å². The molecule has 29 heavy (non-hydrogen) atoms. The molecule has 0 spiro atoms. The largest absolute Gasteiger partial charge is 0.459 e. The Morgan fingerprint density at radius 2 is 1.69 bits per heavy atom. The highest BCUT2D eigenvalue weighted by atomic mass is 16.6. The fourth-order valence-corrected chi connectivity index (χ4v) is 3.43. The van der Waals surface area contributed by atoms with Gasteiger partial charge in [0.1, 0.15) is 12.7 Å². The van der Waals surface area contributed by atoms with E-state index in [4.69, 9.17) is 9.47 Å². The van der Waals surface area contributed by atoms with E-state index >= 15 is 0 Å². The number of rotatable bonds is 6. The van der Waals surface area contributed by atoms with Gasteiger partial charge in [0.05, 0.1) is 5.56 Å². The van der Waals surface area contributed by atoms with Crippen molar-refractivity contribution in [3.05, 3.63) is 83.9 Å². The van der Waals surface area contributed by atoms with Crippen molar-refractivity contribution in [3.63, 3.8) is 0 Å². The Kier molecular flexibility index (Phi) is 5.82. The average Bonchev–Trinajstić information content (AvgIpc) is 2.98. The molecule has 1 aliphatic heterocycles. The summed E-state index contributed by atoms with van der Waals surface area (Å²) in [7, 11) is 0. The molecular weight excluding hydrogens is 370 g/mol. The van der Waals surface area contributed by atoms with E-state index in [1.165, 1.54) is 0 Å². The molecule has 6 heteroatoms. The predicted molar refractivity (Wildman–Crippen MR) is 107 cm³/mol. The summed E-state index contributed by atoms with van der Waals surface area (Å²) >= 11 is 0. The predicted octanol–water partition coefficient (Wildman–Crippen LogP) is 3.04. The van der Waals surface area contributed by atoms with Crippen LogP contribution in [0.3, 0.4) is 0 Å². The van der Waals surface area contributed by atoms with Crippen LogP contribution >= 0.6 is 0 Å². The molecule has 0 aromatic heterocycles. The highest BCUT2D eigenvalue weighted by molar-refractivity contribution is 6.03. The Balaban J connectivity index is 1.83. The topological polar surface area (TPSA) is 81.7 Å². The molecule has 0 bridgehead atoms.